The van der Waals surface area contributed by atoms with Crippen LogP contribution in [0.25, 0.3) is 0 Å². The average Bonchev–Trinajstić information content (AvgIpc) is 2.35. The van der Waals surface area contributed by atoms with Crippen molar-refractivity contribution in [1.82, 2.24) is 20.3 Å². The molecular formula is C6H10N4O. The van der Waals surface area contributed by atoms with E-state index < -0.39 is 0 Å². The van der Waals surface area contributed by atoms with Gasteiger partial charge >= 0.3 is 6.03 Å². The number of amides is 1. The summed E-state index contributed by atoms with van der Waals surface area (Å²) in [5, 5.41) is 9.69. The lowest BCUT2D eigenvalue weighted by Crippen LogP contribution is -2.34. The van der Waals surface area contributed by atoms with Gasteiger partial charge in [-0.05, 0) is 13.8 Å². The average molecular weight is 154 g/mol. The van der Waals surface area contributed by atoms with E-state index in [2.05, 4.69) is 15.6 Å². The van der Waals surface area contributed by atoms with Crippen LogP contribution in [0.2, 0.25) is 0 Å². The van der Waals surface area contributed by atoms with Gasteiger partial charge in [0.15, 0.2) is 0 Å². The summed E-state index contributed by atoms with van der Waals surface area (Å²) in [5.74, 6) is 0. The van der Waals surface area contributed by atoms with Crippen molar-refractivity contribution >= 4 is 6.03 Å². The maximum atomic E-state index is 11.1. The maximum absolute atomic E-state index is 11.1. The lowest BCUT2D eigenvalue weighted by atomic mass is 10.4. The van der Waals surface area contributed by atoms with Crippen LogP contribution < -0.4 is 5.32 Å². The van der Waals surface area contributed by atoms with Crippen LogP contribution >= 0.6 is 0 Å². The Morgan fingerprint density at radius 1 is 1.64 bits per heavy atom. The second-order valence-electron chi connectivity index (χ2n) is 2.45. The summed E-state index contributed by atoms with van der Waals surface area (Å²) >= 11 is 0. The number of aromatic nitrogens is 3. The molecule has 11 heavy (non-hydrogen) atoms. The molecule has 0 unspecified atom stereocenters. The van der Waals surface area contributed by atoms with Gasteiger partial charge in [0.25, 0.3) is 0 Å². The zero-order valence-electron chi connectivity index (χ0n) is 6.48. The fourth-order valence-electron chi connectivity index (χ4n) is 0.630. The Balaban J connectivity index is 2.57. The molecule has 1 N–H and O–H groups in total. The van der Waals surface area contributed by atoms with Crippen molar-refractivity contribution in [2.24, 2.45) is 0 Å². The Kier molecular flexibility index (Phi) is 2.20. The van der Waals surface area contributed by atoms with E-state index in [1.54, 1.807) is 0 Å². The van der Waals surface area contributed by atoms with E-state index in [4.69, 9.17) is 0 Å². The molecule has 1 heterocycles. The van der Waals surface area contributed by atoms with Gasteiger partial charge in [-0.25, -0.2) is 4.79 Å². The molecule has 0 saturated heterocycles. The van der Waals surface area contributed by atoms with Crippen molar-refractivity contribution in [3.8, 4) is 0 Å². The Bertz CT molecular complexity index is 229. The minimum absolute atomic E-state index is 0.117. The molecule has 0 fully saturated rings. The Hall–Kier alpha value is -1.39. The molecule has 1 amide bonds. The summed E-state index contributed by atoms with van der Waals surface area (Å²) in [7, 11) is 0. The molecule has 0 aliphatic heterocycles. The zero-order chi connectivity index (χ0) is 8.27. The monoisotopic (exact) mass is 154 g/mol. The predicted molar refractivity (Wildman–Crippen MR) is 39.1 cm³/mol. The van der Waals surface area contributed by atoms with Gasteiger partial charge in [-0.3, -0.25) is 0 Å². The highest BCUT2D eigenvalue weighted by Crippen LogP contribution is 1.82. The number of rotatable bonds is 1. The highest BCUT2D eigenvalue weighted by molar-refractivity contribution is 5.75. The first-order valence-corrected chi connectivity index (χ1v) is 3.37. The lowest BCUT2D eigenvalue weighted by molar-refractivity contribution is 0.236. The van der Waals surface area contributed by atoms with Crippen LogP contribution in [0.4, 0.5) is 4.79 Å². The van der Waals surface area contributed by atoms with Crippen molar-refractivity contribution < 1.29 is 4.79 Å². The zero-order valence-corrected chi connectivity index (χ0v) is 6.48. The van der Waals surface area contributed by atoms with Gasteiger partial charge in [-0.2, -0.15) is 4.68 Å². The summed E-state index contributed by atoms with van der Waals surface area (Å²) in [6.45, 7) is 3.77. The summed E-state index contributed by atoms with van der Waals surface area (Å²) < 4.78 is 1.15. The van der Waals surface area contributed by atoms with E-state index in [9.17, 15) is 4.79 Å². The summed E-state index contributed by atoms with van der Waals surface area (Å²) in [6.07, 6.45) is 2.96. The van der Waals surface area contributed by atoms with E-state index in [0.717, 1.165) is 4.68 Å². The molecule has 0 atom stereocenters. The molecule has 0 saturated carbocycles. The predicted octanol–water partition coefficient (Wildman–Crippen LogP) is 0.244. The first-order chi connectivity index (χ1) is 5.20. The Morgan fingerprint density at radius 2 is 2.36 bits per heavy atom. The van der Waals surface area contributed by atoms with Gasteiger partial charge in [0.05, 0.1) is 12.4 Å². The first-order valence-electron chi connectivity index (χ1n) is 3.37. The standard InChI is InChI=1S/C6H10N4O/c1-5(2)8-6(11)10-4-3-7-9-10/h3-5H,1-2H3,(H,8,11). The topological polar surface area (TPSA) is 59.8 Å². The molecule has 0 spiro atoms. The van der Waals surface area contributed by atoms with E-state index in [1.807, 2.05) is 13.8 Å². The second kappa shape index (κ2) is 3.14. The van der Waals surface area contributed by atoms with Crippen molar-refractivity contribution in [1.29, 1.82) is 0 Å². The van der Waals surface area contributed by atoms with Crippen molar-refractivity contribution in [3.63, 3.8) is 0 Å². The molecule has 1 rings (SSSR count). The lowest BCUT2D eigenvalue weighted by Gasteiger charge is -2.05. The van der Waals surface area contributed by atoms with Crippen LogP contribution in [-0.2, 0) is 0 Å². The molecule has 0 radical (unpaired) electrons. The summed E-state index contributed by atoms with van der Waals surface area (Å²) in [4.78, 5) is 11.1. The molecule has 60 valence electrons. The van der Waals surface area contributed by atoms with Gasteiger partial charge in [-0.1, -0.05) is 5.21 Å². The molecule has 0 bridgehead atoms. The number of nitrogens with zero attached hydrogens (tertiary/aromatic N) is 3. The third-order valence-electron chi connectivity index (χ3n) is 1.04. The molecular weight excluding hydrogens is 144 g/mol. The summed E-state index contributed by atoms with van der Waals surface area (Å²) in [6, 6.07) is -0.135. The van der Waals surface area contributed by atoms with Crippen LogP contribution in [0.1, 0.15) is 13.8 Å². The third kappa shape index (κ3) is 2.03. The fourth-order valence-corrected chi connectivity index (χ4v) is 0.630. The fraction of sp³-hybridized carbons (Fsp3) is 0.500. The Morgan fingerprint density at radius 3 is 2.82 bits per heavy atom. The van der Waals surface area contributed by atoms with Crippen LogP contribution in [-0.4, -0.2) is 27.1 Å². The highest BCUT2D eigenvalue weighted by Gasteiger charge is 2.04. The number of carbonyl (C=O) groups excluding carboxylic acids is 1. The maximum Gasteiger partial charge on any atom is 0.343 e. The molecule has 0 aliphatic carbocycles. The number of hydrogen-bond acceptors (Lipinski definition) is 3. The number of hydrogen-bond donors (Lipinski definition) is 1. The van der Waals surface area contributed by atoms with Gasteiger partial charge in [0.2, 0.25) is 0 Å². The van der Waals surface area contributed by atoms with Gasteiger partial charge in [0.1, 0.15) is 0 Å². The molecule has 0 aliphatic rings. The minimum Gasteiger partial charge on any atom is -0.334 e. The van der Waals surface area contributed by atoms with E-state index in [-0.39, 0.29) is 12.1 Å². The molecule has 1 aromatic heterocycles. The van der Waals surface area contributed by atoms with Crippen molar-refractivity contribution in [2.45, 2.75) is 19.9 Å². The first kappa shape index (κ1) is 7.71. The van der Waals surface area contributed by atoms with Crippen LogP contribution in [0.5, 0.6) is 0 Å². The van der Waals surface area contributed by atoms with E-state index in [0.29, 0.717) is 0 Å². The molecule has 5 nitrogen and oxygen atoms in total. The van der Waals surface area contributed by atoms with Crippen LogP contribution in [0.3, 0.4) is 0 Å². The molecule has 1 aromatic rings. The SMILES string of the molecule is CC(C)NC(=O)n1ccnn1. The molecule has 0 aromatic carbocycles. The van der Waals surface area contributed by atoms with E-state index in [1.165, 1.54) is 12.4 Å². The normalized spacial score (nSPS) is 10.1. The van der Waals surface area contributed by atoms with Crippen molar-refractivity contribution in [3.05, 3.63) is 12.4 Å². The quantitative estimate of drug-likeness (QED) is 0.630. The van der Waals surface area contributed by atoms with Crippen LogP contribution in [0, 0.1) is 0 Å². The van der Waals surface area contributed by atoms with Gasteiger partial charge in [0, 0.05) is 6.04 Å². The van der Waals surface area contributed by atoms with E-state index >= 15 is 0 Å². The highest BCUT2D eigenvalue weighted by atomic mass is 16.2. The Labute approximate surface area is 64.4 Å². The number of nitrogens with one attached hydrogen (secondary N) is 1. The molecule has 5 heteroatoms. The second-order valence-corrected chi connectivity index (χ2v) is 2.45. The smallest absolute Gasteiger partial charge is 0.334 e. The van der Waals surface area contributed by atoms with Gasteiger partial charge < -0.3 is 5.32 Å². The van der Waals surface area contributed by atoms with Gasteiger partial charge in [-0.15, -0.1) is 5.10 Å². The van der Waals surface area contributed by atoms with Crippen molar-refractivity contribution in [2.75, 3.05) is 0 Å². The summed E-state index contributed by atoms with van der Waals surface area (Å²) in [5.41, 5.74) is 0. The number of carbonyl (C=O) groups is 1. The third-order valence-corrected chi connectivity index (χ3v) is 1.04. The minimum atomic E-state index is -0.252. The largest absolute Gasteiger partial charge is 0.343 e. The van der Waals surface area contributed by atoms with Crippen LogP contribution in [0.15, 0.2) is 12.4 Å².